The smallest absolute Gasteiger partial charge is 0.159 e. The Morgan fingerprint density at radius 3 is 1.95 bits per heavy atom. The van der Waals surface area contributed by atoms with Crippen LogP contribution in [0.5, 0.6) is 0 Å². The van der Waals surface area contributed by atoms with Crippen molar-refractivity contribution in [1.82, 2.24) is 0 Å². The molecule has 3 heteroatoms. The minimum atomic E-state index is 0.118. The fourth-order valence-corrected chi connectivity index (χ4v) is 2.01. The van der Waals surface area contributed by atoms with Gasteiger partial charge in [-0.05, 0) is 32.4 Å². The molecule has 0 spiro atoms. The first kappa shape index (κ1) is 17.3. The lowest BCUT2D eigenvalue weighted by Crippen LogP contribution is -1.91. The summed E-state index contributed by atoms with van der Waals surface area (Å²) in [4.78, 5) is 21.7. The quantitative estimate of drug-likeness (QED) is 0.580. The van der Waals surface area contributed by atoms with Crippen LogP contribution in [0.4, 0.5) is 0 Å². The van der Waals surface area contributed by atoms with Gasteiger partial charge in [-0.2, -0.15) is 0 Å². The molecule has 0 saturated heterocycles. The molecule has 2 aromatic rings. The molecule has 0 unspecified atom stereocenters. The van der Waals surface area contributed by atoms with Gasteiger partial charge in [-0.1, -0.05) is 64.0 Å². The molecule has 2 aromatic carbocycles. The second kappa shape index (κ2) is 8.53. The van der Waals surface area contributed by atoms with Crippen molar-refractivity contribution in [1.29, 1.82) is 0 Å². The molecular weight excluding hydrogens is 328 g/mol. The van der Waals surface area contributed by atoms with Crippen LogP contribution in [0.15, 0.2) is 48.5 Å². The molecule has 0 aliphatic heterocycles. The number of carbonyl (C=O) groups excluding carboxylic acids is 2. The van der Waals surface area contributed by atoms with Gasteiger partial charge in [0.2, 0.25) is 0 Å². The lowest BCUT2D eigenvalue weighted by Gasteiger charge is -1.97. The summed E-state index contributed by atoms with van der Waals surface area (Å²) in [5, 5.41) is 0.800. The first-order chi connectivity index (χ1) is 9.93. The fourth-order valence-electron chi connectivity index (χ4n) is 1.66. The van der Waals surface area contributed by atoms with Crippen LogP contribution in [0.25, 0.3) is 0 Å². The van der Waals surface area contributed by atoms with Crippen molar-refractivity contribution >= 4 is 27.5 Å². The van der Waals surface area contributed by atoms with Crippen LogP contribution in [0, 0.1) is 6.92 Å². The molecule has 0 aromatic heterocycles. The van der Waals surface area contributed by atoms with Crippen LogP contribution in [0.3, 0.4) is 0 Å². The van der Waals surface area contributed by atoms with E-state index < -0.39 is 0 Å². The molecule has 2 nitrogen and oxygen atoms in total. The average molecular weight is 347 g/mol. The van der Waals surface area contributed by atoms with E-state index in [-0.39, 0.29) is 11.6 Å². The number of benzene rings is 2. The molecule has 0 bridgehead atoms. The number of alkyl halides is 1. The molecule has 0 radical (unpaired) electrons. The molecule has 0 aliphatic rings. The Kier molecular flexibility index (Phi) is 7.03. The number of Topliss-reactive ketones (excluding diaryl/α,β-unsaturated/α-hetero) is 2. The summed E-state index contributed by atoms with van der Waals surface area (Å²) >= 11 is 3.33. The summed E-state index contributed by atoms with van der Waals surface area (Å²) in [6, 6.07) is 15.2. The van der Waals surface area contributed by atoms with Crippen LogP contribution in [0.1, 0.15) is 45.7 Å². The predicted molar refractivity (Wildman–Crippen MR) is 90.3 cm³/mol. The van der Waals surface area contributed by atoms with E-state index in [0.29, 0.717) is 0 Å². The van der Waals surface area contributed by atoms with Crippen LogP contribution >= 0.6 is 15.9 Å². The fraction of sp³-hybridized carbons (Fsp3) is 0.222. The molecule has 0 atom stereocenters. The third kappa shape index (κ3) is 6.05. The summed E-state index contributed by atoms with van der Waals surface area (Å²) in [5.74, 6) is 0.243. The van der Waals surface area contributed by atoms with E-state index in [1.807, 2.05) is 55.5 Å². The van der Waals surface area contributed by atoms with Gasteiger partial charge >= 0.3 is 0 Å². The maximum absolute atomic E-state index is 10.9. The maximum Gasteiger partial charge on any atom is 0.159 e. The Labute approximate surface area is 134 Å². The van der Waals surface area contributed by atoms with Gasteiger partial charge in [0.25, 0.3) is 0 Å². The van der Waals surface area contributed by atoms with E-state index in [4.69, 9.17) is 0 Å². The Balaban J connectivity index is 0.000000211. The highest BCUT2D eigenvalue weighted by atomic mass is 79.9. The third-order valence-corrected chi connectivity index (χ3v) is 3.59. The molecule has 0 N–H and O–H groups in total. The number of hydrogen-bond donors (Lipinski definition) is 0. The lowest BCUT2D eigenvalue weighted by molar-refractivity contribution is 0.100. The average Bonchev–Trinajstić information content (AvgIpc) is 2.48. The maximum atomic E-state index is 10.9. The molecule has 21 heavy (non-hydrogen) atoms. The predicted octanol–water partition coefficient (Wildman–Crippen LogP) is 4.98. The van der Waals surface area contributed by atoms with Crippen molar-refractivity contribution < 1.29 is 9.59 Å². The van der Waals surface area contributed by atoms with Gasteiger partial charge in [-0.3, -0.25) is 9.59 Å². The number of aryl methyl sites for hydroxylation is 1. The van der Waals surface area contributed by atoms with Crippen LogP contribution in [-0.4, -0.2) is 11.6 Å². The number of halogens is 1. The van der Waals surface area contributed by atoms with Gasteiger partial charge in [-0.25, -0.2) is 0 Å². The molecule has 0 heterocycles. The topological polar surface area (TPSA) is 34.1 Å². The van der Waals surface area contributed by atoms with E-state index in [1.165, 1.54) is 5.56 Å². The largest absolute Gasteiger partial charge is 0.295 e. The Hall–Kier alpha value is -1.74. The van der Waals surface area contributed by atoms with E-state index >= 15 is 0 Å². The van der Waals surface area contributed by atoms with Gasteiger partial charge in [0, 0.05) is 16.5 Å². The van der Waals surface area contributed by atoms with Gasteiger partial charge in [0.05, 0.1) is 0 Å². The molecular formula is C18H19BrO2. The molecule has 2 rings (SSSR count). The van der Waals surface area contributed by atoms with Crippen LogP contribution in [0.2, 0.25) is 0 Å². The zero-order valence-corrected chi connectivity index (χ0v) is 14.1. The molecule has 0 amide bonds. The van der Waals surface area contributed by atoms with Crippen molar-refractivity contribution in [3.8, 4) is 0 Å². The van der Waals surface area contributed by atoms with Gasteiger partial charge in [0.1, 0.15) is 0 Å². The van der Waals surface area contributed by atoms with Gasteiger partial charge in [0.15, 0.2) is 11.6 Å². The standard InChI is InChI=1S/C9H9BrO.C9H10O/c1-7(11)9-4-2-3-8(5-9)6-10;1-7-3-5-9(6-4-7)8(2)10/h2-5H,6H2,1H3;3-6H,1-2H3. The number of ketones is 2. The number of carbonyl (C=O) groups is 2. The van der Waals surface area contributed by atoms with Crippen molar-refractivity contribution in [2.45, 2.75) is 26.1 Å². The van der Waals surface area contributed by atoms with E-state index in [9.17, 15) is 9.59 Å². The van der Waals surface area contributed by atoms with Crippen LogP contribution in [-0.2, 0) is 5.33 Å². The van der Waals surface area contributed by atoms with E-state index in [2.05, 4.69) is 15.9 Å². The van der Waals surface area contributed by atoms with Gasteiger partial charge < -0.3 is 0 Å². The van der Waals surface area contributed by atoms with E-state index in [0.717, 1.165) is 22.0 Å². The normalized spacial score (nSPS) is 9.52. The van der Waals surface area contributed by atoms with Crippen LogP contribution < -0.4 is 0 Å². The summed E-state index contributed by atoms with van der Waals surface area (Å²) in [6.45, 7) is 5.15. The minimum absolute atomic E-state index is 0.118. The monoisotopic (exact) mass is 346 g/mol. The molecule has 0 saturated carbocycles. The Morgan fingerprint density at radius 1 is 0.905 bits per heavy atom. The summed E-state index contributed by atoms with van der Waals surface area (Å²) in [5.41, 5.74) is 3.88. The number of hydrogen-bond acceptors (Lipinski definition) is 2. The molecule has 0 aliphatic carbocycles. The van der Waals surface area contributed by atoms with Crippen molar-refractivity contribution in [2.75, 3.05) is 0 Å². The first-order valence-electron chi connectivity index (χ1n) is 6.67. The number of rotatable bonds is 3. The summed E-state index contributed by atoms with van der Waals surface area (Å²) < 4.78 is 0. The van der Waals surface area contributed by atoms with E-state index in [1.54, 1.807) is 13.8 Å². The molecule has 0 fully saturated rings. The zero-order valence-electron chi connectivity index (χ0n) is 12.5. The first-order valence-corrected chi connectivity index (χ1v) is 7.79. The third-order valence-electron chi connectivity index (χ3n) is 2.95. The second-order valence-corrected chi connectivity index (χ2v) is 5.37. The SMILES string of the molecule is CC(=O)c1ccc(C)cc1.CC(=O)c1cccc(CBr)c1. The van der Waals surface area contributed by atoms with Crippen molar-refractivity contribution in [3.63, 3.8) is 0 Å². The minimum Gasteiger partial charge on any atom is -0.295 e. The highest BCUT2D eigenvalue weighted by Crippen LogP contribution is 2.08. The molecule has 110 valence electrons. The van der Waals surface area contributed by atoms with Crippen molar-refractivity contribution in [2.24, 2.45) is 0 Å². The highest BCUT2D eigenvalue weighted by molar-refractivity contribution is 9.08. The summed E-state index contributed by atoms with van der Waals surface area (Å²) in [7, 11) is 0. The second-order valence-electron chi connectivity index (χ2n) is 4.81. The summed E-state index contributed by atoms with van der Waals surface area (Å²) in [6.07, 6.45) is 0. The van der Waals surface area contributed by atoms with Crippen molar-refractivity contribution in [3.05, 3.63) is 70.8 Å². The van der Waals surface area contributed by atoms with Gasteiger partial charge in [-0.15, -0.1) is 0 Å². The zero-order chi connectivity index (χ0) is 15.8. The Morgan fingerprint density at radius 2 is 1.48 bits per heavy atom. The highest BCUT2D eigenvalue weighted by Gasteiger charge is 1.98. The lowest BCUT2D eigenvalue weighted by atomic mass is 10.1. The Bertz CT molecular complexity index is 615.